The zero-order chi connectivity index (χ0) is 15.5. The summed E-state index contributed by atoms with van der Waals surface area (Å²) in [6.45, 7) is 5.51. The summed E-state index contributed by atoms with van der Waals surface area (Å²) in [6, 6.07) is 5.69. The lowest BCUT2D eigenvalue weighted by Crippen LogP contribution is -2.22. The van der Waals surface area contributed by atoms with Crippen LogP contribution in [0.1, 0.15) is 26.3 Å². The first-order valence-electron chi connectivity index (χ1n) is 6.72. The molecular formula is C17H19NO3. The Hall–Kier alpha value is -2.36. The van der Waals surface area contributed by atoms with Crippen LogP contribution in [-0.2, 0) is 9.53 Å². The SMILES string of the molecule is COc1ccc2cnccc2c1/C=C/C(=O)OC(C)(C)C. The van der Waals surface area contributed by atoms with Crippen LogP contribution in [0.2, 0.25) is 0 Å². The molecule has 1 aromatic heterocycles. The van der Waals surface area contributed by atoms with Crippen molar-refractivity contribution in [1.29, 1.82) is 0 Å². The number of esters is 1. The van der Waals surface area contributed by atoms with Crippen LogP contribution in [0.5, 0.6) is 5.75 Å². The van der Waals surface area contributed by atoms with Gasteiger partial charge in [0.05, 0.1) is 7.11 Å². The lowest BCUT2D eigenvalue weighted by molar-refractivity contribution is -0.148. The summed E-state index contributed by atoms with van der Waals surface area (Å²) in [6.07, 6.45) is 6.63. The summed E-state index contributed by atoms with van der Waals surface area (Å²) in [5, 5.41) is 1.96. The molecule has 0 radical (unpaired) electrons. The second-order valence-electron chi connectivity index (χ2n) is 5.65. The molecule has 1 heterocycles. The molecule has 110 valence electrons. The van der Waals surface area contributed by atoms with Crippen molar-refractivity contribution in [2.75, 3.05) is 7.11 Å². The molecule has 2 aromatic rings. The van der Waals surface area contributed by atoms with Crippen LogP contribution in [0.15, 0.2) is 36.7 Å². The molecule has 4 heteroatoms. The molecule has 0 fully saturated rings. The Balaban J connectivity index is 2.38. The number of fused-ring (bicyclic) bond motifs is 1. The summed E-state index contributed by atoms with van der Waals surface area (Å²) in [5.74, 6) is 0.323. The molecule has 0 aliphatic rings. The van der Waals surface area contributed by atoms with Crippen molar-refractivity contribution < 1.29 is 14.3 Å². The van der Waals surface area contributed by atoms with Gasteiger partial charge in [0.25, 0.3) is 0 Å². The van der Waals surface area contributed by atoms with E-state index < -0.39 is 5.60 Å². The van der Waals surface area contributed by atoms with Crippen LogP contribution in [0.3, 0.4) is 0 Å². The number of hydrogen-bond donors (Lipinski definition) is 0. The number of carbonyl (C=O) groups excluding carboxylic acids is 1. The normalized spacial score (nSPS) is 11.8. The van der Waals surface area contributed by atoms with Gasteiger partial charge < -0.3 is 9.47 Å². The standard InChI is InChI=1S/C17H19NO3/c1-17(2,3)21-16(19)8-6-14-13-9-10-18-11-12(13)5-7-15(14)20-4/h5-11H,1-4H3/b8-6+. The maximum atomic E-state index is 11.8. The summed E-state index contributed by atoms with van der Waals surface area (Å²) in [5.41, 5.74) is 0.331. The van der Waals surface area contributed by atoms with Gasteiger partial charge in [-0.1, -0.05) is 0 Å². The Kier molecular flexibility index (Phi) is 4.26. The third kappa shape index (κ3) is 3.81. The predicted octanol–water partition coefficient (Wildman–Crippen LogP) is 3.60. The van der Waals surface area contributed by atoms with E-state index in [9.17, 15) is 4.79 Å². The Morgan fingerprint density at radius 2 is 2.00 bits per heavy atom. The van der Waals surface area contributed by atoms with Crippen LogP contribution in [-0.4, -0.2) is 23.7 Å². The van der Waals surface area contributed by atoms with Gasteiger partial charge in [-0.3, -0.25) is 4.98 Å². The van der Waals surface area contributed by atoms with Gasteiger partial charge in [-0.15, -0.1) is 0 Å². The van der Waals surface area contributed by atoms with Crippen molar-refractivity contribution in [3.8, 4) is 5.75 Å². The Morgan fingerprint density at radius 3 is 2.67 bits per heavy atom. The maximum Gasteiger partial charge on any atom is 0.331 e. The van der Waals surface area contributed by atoms with Crippen LogP contribution < -0.4 is 4.74 Å². The third-order valence-corrected chi connectivity index (χ3v) is 2.83. The van der Waals surface area contributed by atoms with E-state index >= 15 is 0 Å². The van der Waals surface area contributed by atoms with Gasteiger partial charge in [0.2, 0.25) is 0 Å². The van der Waals surface area contributed by atoms with Crippen molar-refractivity contribution in [1.82, 2.24) is 4.98 Å². The minimum Gasteiger partial charge on any atom is -0.496 e. The number of carbonyl (C=O) groups is 1. The predicted molar refractivity (Wildman–Crippen MR) is 83.2 cm³/mol. The lowest BCUT2D eigenvalue weighted by atomic mass is 10.0. The summed E-state index contributed by atoms with van der Waals surface area (Å²) >= 11 is 0. The van der Waals surface area contributed by atoms with Gasteiger partial charge in [-0.25, -0.2) is 4.79 Å². The van der Waals surface area contributed by atoms with Crippen LogP contribution in [0.4, 0.5) is 0 Å². The molecule has 1 aromatic carbocycles. The second kappa shape index (κ2) is 5.95. The molecule has 0 saturated heterocycles. The van der Waals surface area contributed by atoms with E-state index in [4.69, 9.17) is 9.47 Å². The number of rotatable bonds is 3. The smallest absolute Gasteiger partial charge is 0.331 e. The topological polar surface area (TPSA) is 48.4 Å². The van der Waals surface area contributed by atoms with Crippen molar-refractivity contribution in [3.05, 3.63) is 42.2 Å². The highest BCUT2D eigenvalue weighted by Crippen LogP contribution is 2.28. The Bertz CT molecular complexity index is 684. The molecule has 0 atom stereocenters. The van der Waals surface area contributed by atoms with E-state index in [-0.39, 0.29) is 5.97 Å². The number of pyridine rings is 1. The summed E-state index contributed by atoms with van der Waals surface area (Å²) in [4.78, 5) is 15.9. The first-order chi connectivity index (χ1) is 9.90. The van der Waals surface area contributed by atoms with Gasteiger partial charge in [0.15, 0.2) is 0 Å². The molecule has 0 spiro atoms. The summed E-state index contributed by atoms with van der Waals surface area (Å²) in [7, 11) is 1.60. The fraction of sp³-hybridized carbons (Fsp3) is 0.294. The van der Waals surface area contributed by atoms with E-state index in [1.807, 2.05) is 39.0 Å². The molecule has 0 unspecified atom stereocenters. The van der Waals surface area contributed by atoms with E-state index in [0.29, 0.717) is 5.75 Å². The highest BCUT2D eigenvalue weighted by Gasteiger charge is 2.14. The number of methoxy groups -OCH3 is 1. The molecule has 0 aliphatic heterocycles. The Labute approximate surface area is 124 Å². The van der Waals surface area contributed by atoms with E-state index in [2.05, 4.69) is 4.98 Å². The average molecular weight is 285 g/mol. The first kappa shape index (κ1) is 15.0. The van der Waals surface area contributed by atoms with Gasteiger partial charge in [0.1, 0.15) is 11.4 Å². The van der Waals surface area contributed by atoms with Crippen LogP contribution >= 0.6 is 0 Å². The van der Waals surface area contributed by atoms with Crippen molar-refractivity contribution in [2.45, 2.75) is 26.4 Å². The fourth-order valence-electron chi connectivity index (χ4n) is 2.01. The first-order valence-corrected chi connectivity index (χ1v) is 6.72. The molecule has 0 N–H and O–H groups in total. The monoisotopic (exact) mass is 285 g/mol. The maximum absolute atomic E-state index is 11.8. The second-order valence-corrected chi connectivity index (χ2v) is 5.65. The van der Waals surface area contributed by atoms with Gasteiger partial charge in [-0.05, 0) is 50.4 Å². The highest BCUT2D eigenvalue weighted by molar-refractivity contribution is 5.96. The molecule has 21 heavy (non-hydrogen) atoms. The molecule has 0 bridgehead atoms. The van der Waals surface area contributed by atoms with Gasteiger partial charge in [0, 0.05) is 29.4 Å². The minimum absolute atomic E-state index is 0.379. The van der Waals surface area contributed by atoms with Crippen LogP contribution in [0, 0.1) is 0 Å². The molecule has 0 aliphatic carbocycles. The van der Waals surface area contributed by atoms with Gasteiger partial charge in [-0.2, -0.15) is 0 Å². The molecule has 0 saturated carbocycles. The van der Waals surface area contributed by atoms with Crippen molar-refractivity contribution >= 4 is 22.8 Å². The molecular weight excluding hydrogens is 266 g/mol. The largest absolute Gasteiger partial charge is 0.496 e. The minimum atomic E-state index is -0.506. The zero-order valence-corrected chi connectivity index (χ0v) is 12.7. The van der Waals surface area contributed by atoms with E-state index in [1.165, 1.54) is 6.08 Å². The fourth-order valence-corrected chi connectivity index (χ4v) is 2.01. The van der Waals surface area contributed by atoms with Crippen LogP contribution in [0.25, 0.3) is 16.8 Å². The van der Waals surface area contributed by atoms with E-state index in [0.717, 1.165) is 16.3 Å². The average Bonchev–Trinajstić information content (AvgIpc) is 2.42. The summed E-state index contributed by atoms with van der Waals surface area (Å²) < 4.78 is 10.6. The lowest BCUT2D eigenvalue weighted by Gasteiger charge is -2.18. The molecule has 4 nitrogen and oxygen atoms in total. The molecule has 2 rings (SSSR count). The number of benzene rings is 1. The number of hydrogen-bond acceptors (Lipinski definition) is 4. The third-order valence-electron chi connectivity index (χ3n) is 2.83. The number of ether oxygens (including phenoxy) is 2. The number of nitrogens with zero attached hydrogens (tertiary/aromatic N) is 1. The Morgan fingerprint density at radius 1 is 1.24 bits per heavy atom. The van der Waals surface area contributed by atoms with Crippen molar-refractivity contribution in [2.24, 2.45) is 0 Å². The van der Waals surface area contributed by atoms with Gasteiger partial charge >= 0.3 is 5.97 Å². The van der Waals surface area contributed by atoms with Crippen molar-refractivity contribution in [3.63, 3.8) is 0 Å². The highest BCUT2D eigenvalue weighted by atomic mass is 16.6. The zero-order valence-electron chi connectivity index (χ0n) is 12.7. The molecule has 0 amide bonds. The van der Waals surface area contributed by atoms with E-state index in [1.54, 1.807) is 25.6 Å². The number of aromatic nitrogens is 1. The quantitative estimate of drug-likeness (QED) is 0.638.